The zero-order valence-corrected chi connectivity index (χ0v) is 10.5. The average molecular weight is 239 g/mol. The lowest BCUT2D eigenvalue weighted by molar-refractivity contribution is -0.135. The van der Waals surface area contributed by atoms with Gasteiger partial charge in [0.25, 0.3) is 0 Å². The number of rotatable bonds is 2. The van der Waals surface area contributed by atoms with Crippen molar-refractivity contribution >= 4 is 11.8 Å². The molecule has 5 nitrogen and oxygen atoms in total. The molecule has 2 N–H and O–H groups in total. The molecule has 0 aromatic rings. The molecular weight excluding hydrogens is 218 g/mol. The topological polar surface area (TPSA) is 61.4 Å². The van der Waals surface area contributed by atoms with E-state index in [-0.39, 0.29) is 23.9 Å². The number of piperazine rings is 1. The third-order valence-corrected chi connectivity index (χ3v) is 3.95. The summed E-state index contributed by atoms with van der Waals surface area (Å²) < 4.78 is 0. The number of likely N-dealkylation sites (N-methyl/N-ethyl adjacent to an activating group) is 1. The Balaban J connectivity index is 2.12. The average Bonchev–Trinajstić information content (AvgIpc) is 2.35. The van der Waals surface area contributed by atoms with Crippen LogP contribution in [0.1, 0.15) is 32.6 Å². The normalized spacial score (nSPS) is 31.3. The Kier molecular flexibility index (Phi) is 3.66. The van der Waals surface area contributed by atoms with E-state index in [0.29, 0.717) is 12.6 Å². The van der Waals surface area contributed by atoms with Crippen LogP contribution in [-0.2, 0) is 9.59 Å². The zero-order chi connectivity index (χ0) is 12.4. The molecule has 1 saturated heterocycles. The van der Waals surface area contributed by atoms with Gasteiger partial charge >= 0.3 is 0 Å². The van der Waals surface area contributed by atoms with Crippen LogP contribution in [0.5, 0.6) is 0 Å². The molecule has 17 heavy (non-hydrogen) atoms. The van der Waals surface area contributed by atoms with Crippen molar-refractivity contribution in [1.29, 1.82) is 0 Å². The highest BCUT2D eigenvalue weighted by Crippen LogP contribution is 2.27. The molecule has 1 saturated carbocycles. The number of hydrogen-bond donors (Lipinski definition) is 2. The summed E-state index contributed by atoms with van der Waals surface area (Å²) in [5, 5.41) is 5.71. The van der Waals surface area contributed by atoms with Crippen LogP contribution in [0.15, 0.2) is 0 Å². The van der Waals surface area contributed by atoms with E-state index in [1.165, 1.54) is 12.8 Å². The molecule has 1 heterocycles. The van der Waals surface area contributed by atoms with Crippen LogP contribution in [0.25, 0.3) is 0 Å². The molecule has 5 heteroatoms. The molecular formula is C12H21N3O2. The molecule has 0 bridgehead atoms. The van der Waals surface area contributed by atoms with Crippen molar-refractivity contribution in [2.45, 2.75) is 50.7 Å². The predicted molar refractivity (Wildman–Crippen MR) is 64.4 cm³/mol. The molecule has 0 radical (unpaired) electrons. The van der Waals surface area contributed by atoms with Crippen molar-refractivity contribution < 1.29 is 9.59 Å². The van der Waals surface area contributed by atoms with Gasteiger partial charge in [0.1, 0.15) is 0 Å². The number of fused-ring (bicyclic) bond motifs is 1. The van der Waals surface area contributed by atoms with E-state index in [2.05, 4.69) is 15.5 Å². The van der Waals surface area contributed by atoms with E-state index in [4.69, 9.17) is 0 Å². The van der Waals surface area contributed by atoms with Crippen molar-refractivity contribution in [3.05, 3.63) is 0 Å². The maximum absolute atomic E-state index is 11.7. The number of hydrogen-bond acceptors (Lipinski definition) is 3. The van der Waals surface area contributed by atoms with E-state index < -0.39 is 0 Å². The zero-order valence-electron chi connectivity index (χ0n) is 10.5. The van der Waals surface area contributed by atoms with Gasteiger partial charge in [0.2, 0.25) is 11.8 Å². The summed E-state index contributed by atoms with van der Waals surface area (Å²) in [5.74, 6) is 0.0351. The smallest absolute Gasteiger partial charge is 0.236 e. The van der Waals surface area contributed by atoms with Crippen LogP contribution in [0, 0.1) is 0 Å². The lowest BCUT2D eigenvalue weighted by Gasteiger charge is -2.45. The minimum atomic E-state index is -0.225. The second-order valence-corrected chi connectivity index (χ2v) is 4.99. The lowest BCUT2D eigenvalue weighted by Crippen LogP contribution is -2.65. The molecule has 96 valence electrons. The Morgan fingerprint density at radius 3 is 2.88 bits per heavy atom. The summed E-state index contributed by atoms with van der Waals surface area (Å²) in [4.78, 5) is 25.4. The van der Waals surface area contributed by atoms with Crippen molar-refractivity contribution in [2.75, 3.05) is 13.6 Å². The SMILES string of the molecule is CNC(=O)C(C)N1CC(=O)NC2CCCCC21. The quantitative estimate of drug-likeness (QED) is 0.705. The number of carbonyl (C=O) groups is 2. The van der Waals surface area contributed by atoms with Crippen molar-refractivity contribution in [2.24, 2.45) is 0 Å². The van der Waals surface area contributed by atoms with Gasteiger partial charge in [0.15, 0.2) is 0 Å². The fraction of sp³-hybridized carbons (Fsp3) is 0.833. The fourth-order valence-electron chi connectivity index (χ4n) is 3.00. The standard InChI is InChI=1S/C12H21N3O2/c1-8(12(17)13-2)15-7-11(16)14-9-5-3-4-6-10(9)15/h8-10H,3-7H2,1-2H3,(H,13,17)(H,14,16). The number of nitrogens with zero attached hydrogens (tertiary/aromatic N) is 1. The van der Waals surface area contributed by atoms with E-state index >= 15 is 0 Å². The molecule has 2 rings (SSSR count). The van der Waals surface area contributed by atoms with Crippen LogP contribution >= 0.6 is 0 Å². The van der Waals surface area contributed by atoms with Gasteiger partial charge in [-0.2, -0.15) is 0 Å². The molecule has 2 aliphatic rings. The van der Waals surface area contributed by atoms with E-state index in [1.54, 1.807) is 7.05 Å². The molecule has 1 aliphatic heterocycles. The first-order valence-corrected chi connectivity index (χ1v) is 6.40. The van der Waals surface area contributed by atoms with Crippen LogP contribution in [0.2, 0.25) is 0 Å². The number of nitrogens with one attached hydrogen (secondary N) is 2. The van der Waals surface area contributed by atoms with Gasteiger partial charge in [0, 0.05) is 19.1 Å². The molecule has 3 atom stereocenters. The third kappa shape index (κ3) is 2.44. The Bertz CT molecular complexity index is 319. The van der Waals surface area contributed by atoms with Crippen LogP contribution in [0.3, 0.4) is 0 Å². The summed E-state index contributed by atoms with van der Waals surface area (Å²) in [6, 6.07) is 0.336. The Morgan fingerprint density at radius 2 is 2.18 bits per heavy atom. The summed E-state index contributed by atoms with van der Waals surface area (Å²) in [7, 11) is 1.64. The van der Waals surface area contributed by atoms with Crippen molar-refractivity contribution in [1.82, 2.24) is 15.5 Å². The predicted octanol–water partition coefficient (Wildman–Crippen LogP) is -0.136. The first kappa shape index (κ1) is 12.4. The molecule has 2 amide bonds. The first-order chi connectivity index (χ1) is 8.13. The van der Waals surface area contributed by atoms with Gasteiger partial charge < -0.3 is 10.6 Å². The minimum Gasteiger partial charge on any atom is -0.358 e. The highest BCUT2D eigenvalue weighted by Gasteiger charge is 2.39. The molecule has 3 unspecified atom stereocenters. The number of carbonyl (C=O) groups excluding carboxylic acids is 2. The molecule has 0 spiro atoms. The van der Waals surface area contributed by atoms with E-state index in [0.717, 1.165) is 12.8 Å². The third-order valence-electron chi connectivity index (χ3n) is 3.95. The second kappa shape index (κ2) is 5.04. The van der Waals surface area contributed by atoms with Crippen LogP contribution in [-0.4, -0.2) is 48.4 Å². The van der Waals surface area contributed by atoms with Gasteiger partial charge in [0.05, 0.1) is 12.6 Å². The molecule has 0 aromatic heterocycles. The van der Waals surface area contributed by atoms with Gasteiger partial charge in [-0.05, 0) is 19.8 Å². The van der Waals surface area contributed by atoms with Crippen molar-refractivity contribution in [3.63, 3.8) is 0 Å². The summed E-state index contributed by atoms with van der Waals surface area (Å²) in [6.07, 6.45) is 4.47. The Morgan fingerprint density at radius 1 is 1.47 bits per heavy atom. The maximum atomic E-state index is 11.7. The summed E-state index contributed by atoms with van der Waals surface area (Å²) >= 11 is 0. The number of amides is 2. The van der Waals surface area contributed by atoms with E-state index in [1.807, 2.05) is 6.92 Å². The van der Waals surface area contributed by atoms with Gasteiger partial charge in [-0.3, -0.25) is 14.5 Å². The second-order valence-electron chi connectivity index (χ2n) is 4.99. The Labute approximate surface area is 102 Å². The van der Waals surface area contributed by atoms with Gasteiger partial charge in [-0.25, -0.2) is 0 Å². The van der Waals surface area contributed by atoms with Crippen molar-refractivity contribution in [3.8, 4) is 0 Å². The minimum absolute atomic E-state index is 0.0102. The van der Waals surface area contributed by atoms with Crippen LogP contribution < -0.4 is 10.6 Å². The van der Waals surface area contributed by atoms with Gasteiger partial charge in [-0.1, -0.05) is 12.8 Å². The van der Waals surface area contributed by atoms with Crippen LogP contribution in [0.4, 0.5) is 0 Å². The first-order valence-electron chi connectivity index (χ1n) is 6.40. The largest absolute Gasteiger partial charge is 0.358 e. The lowest BCUT2D eigenvalue weighted by atomic mass is 9.86. The highest BCUT2D eigenvalue weighted by molar-refractivity contribution is 5.84. The van der Waals surface area contributed by atoms with E-state index in [9.17, 15) is 9.59 Å². The highest BCUT2D eigenvalue weighted by atomic mass is 16.2. The Hall–Kier alpha value is -1.10. The molecule has 1 aliphatic carbocycles. The summed E-state index contributed by atoms with van der Waals surface area (Å²) in [5.41, 5.74) is 0. The fourth-order valence-corrected chi connectivity index (χ4v) is 3.00. The maximum Gasteiger partial charge on any atom is 0.236 e. The summed E-state index contributed by atoms with van der Waals surface area (Å²) in [6.45, 7) is 2.22. The van der Waals surface area contributed by atoms with Gasteiger partial charge in [-0.15, -0.1) is 0 Å². The monoisotopic (exact) mass is 239 g/mol. The molecule has 2 fully saturated rings. The molecule has 0 aromatic carbocycles.